The van der Waals surface area contributed by atoms with Crippen LogP contribution in [-0.4, -0.2) is 39.0 Å². The number of benzene rings is 1. The zero-order valence-electron chi connectivity index (χ0n) is 20.2. The van der Waals surface area contributed by atoms with E-state index in [1.165, 1.54) is 28.0 Å². The Bertz CT molecular complexity index is 1180. The molecule has 0 radical (unpaired) electrons. The molecule has 3 aromatic rings. The molecule has 0 bridgehead atoms. The minimum absolute atomic E-state index is 0.150. The number of amides is 1. The SMILES string of the molecule is CCOC(=O)c1c(NC(=O)CSc2nnc([C@@H](C)Oc3ccccc3)n2CC)sc2c1CCCC2. The highest BCUT2D eigenvalue weighted by Gasteiger charge is 2.27. The molecular weight excluding hydrogens is 484 g/mol. The maximum absolute atomic E-state index is 12.9. The highest BCUT2D eigenvalue weighted by atomic mass is 32.2. The fourth-order valence-electron chi connectivity index (χ4n) is 4.13. The smallest absolute Gasteiger partial charge is 0.341 e. The second-order valence-corrected chi connectivity index (χ2v) is 10.2. The maximum atomic E-state index is 12.9. The first kappa shape index (κ1) is 25.2. The maximum Gasteiger partial charge on any atom is 0.341 e. The van der Waals surface area contributed by atoms with E-state index in [4.69, 9.17) is 9.47 Å². The van der Waals surface area contributed by atoms with Crippen LogP contribution in [0.2, 0.25) is 0 Å². The largest absolute Gasteiger partial charge is 0.483 e. The molecule has 2 heterocycles. The first-order chi connectivity index (χ1) is 17.0. The number of hydrogen-bond donors (Lipinski definition) is 1. The number of anilines is 1. The summed E-state index contributed by atoms with van der Waals surface area (Å²) in [6, 6.07) is 9.58. The Morgan fingerprint density at radius 2 is 1.94 bits per heavy atom. The molecule has 186 valence electrons. The fourth-order valence-corrected chi connectivity index (χ4v) is 6.23. The number of nitrogens with zero attached hydrogens (tertiary/aromatic N) is 3. The molecule has 1 amide bonds. The van der Waals surface area contributed by atoms with E-state index in [-0.39, 0.29) is 23.7 Å². The van der Waals surface area contributed by atoms with E-state index >= 15 is 0 Å². The average molecular weight is 515 g/mol. The predicted octanol–water partition coefficient (Wildman–Crippen LogP) is 5.29. The lowest BCUT2D eigenvalue weighted by atomic mass is 9.95. The van der Waals surface area contributed by atoms with Crippen molar-refractivity contribution in [3.63, 3.8) is 0 Å². The molecule has 0 saturated heterocycles. The van der Waals surface area contributed by atoms with Crippen LogP contribution in [0.3, 0.4) is 0 Å². The average Bonchev–Trinajstić information content (AvgIpc) is 3.44. The summed E-state index contributed by atoms with van der Waals surface area (Å²) >= 11 is 2.80. The van der Waals surface area contributed by atoms with Gasteiger partial charge >= 0.3 is 5.97 Å². The lowest BCUT2D eigenvalue weighted by Crippen LogP contribution is -2.17. The summed E-state index contributed by atoms with van der Waals surface area (Å²) in [6.07, 6.45) is 3.62. The van der Waals surface area contributed by atoms with Crippen molar-refractivity contribution in [1.82, 2.24) is 14.8 Å². The molecular formula is C25H30N4O4S2. The zero-order valence-corrected chi connectivity index (χ0v) is 21.8. The Hall–Kier alpha value is -2.85. The molecule has 1 N–H and O–H groups in total. The monoisotopic (exact) mass is 514 g/mol. The predicted molar refractivity (Wildman–Crippen MR) is 137 cm³/mol. The van der Waals surface area contributed by atoms with Crippen molar-refractivity contribution in [3.8, 4) is 5.75 Å². The Morgan fingerprint density at radius 1 is 1.17 bits per heavy atom. The third-order valence-electron chi connectivity index (χ3n) is 5.72. The number of fused-ring (bicyclic) bond motifs is 1. The summed E-state index contributed by atoms with van der Waals surface area (Å²) in [6.45, 7) is 6.68. The number of thiophene rings is 1. The summed E-state index contributed by atoms with van der Waals surface area (Å²) in [7, 11) is 0. The molecule has 0 saturated carbocycles. The van der Waals surface area contributed by atoms with Crippen LogP contribution in [0.25, 0.3) is 0 Å². The summed E-state index contributed by atoms with van der Waals surface area (Å²) < 4.78 is 13.2. The van der Waals surface area contributed by atoms with E-state index < -0.39 is 0 Å². The van der Waals surface area contributed by atoms with Gasteiger partial charge in [-0.15, -0.1) is 21.5 Å². The van der Waals surface area contributed by atoms with Crippen LogP contribution in [0, 0.1) is 0 Å². The van der Waals surface area contributed by atoms with Gasteiger partial charge in [-0.05, 0) is 64.2 Å². The van der Waals surface area contributed by atoms with Crippen LogP contribution in [0.15, 0.2) is 35.5 Å². The van der Waals surface area contributed by atoms with Crippen molar-refractivity contribution in [2.24, 2.45) is 0 Å². The number of rotatable bonds is 10. The molecule has 10 heteroatoms. The van der Waals surface area contributed by atoms with Crippen molar-refractivity contribution < 1.29 is 19.1 Å². The van der Waals surface area contributed by atoms with Crippen molar-refractivity contribution in [2.75, 3.05) is 17.7 Å². The molecule has 1 aliphatic rings. The lowest BCUT2D eigenvalue weighted by Gasteiger charge is -2.15. The van der Waals surface area contributed by atoms with Crippen LogP contribution in [0.5, 0.6) is 5.75 Å². The molecule has 2 aromatic heterocycles. The third-order valence-corrected chi connectivity index (χ3v) is 7.89. The summed E-state index contributed by atoms with van der Waals surface area (Å²) in [5.74, 6) is 1.05. The van der Waals surface area contributed by atoms with Crippen molar-refractivity contribution in [2.45, 2.75) is 64.3 Å². The Kier molecular flexibility index (Phi) is 8.46. The molecule has 4 rings (SSSR count). The molecule has 35 heavy (non-hydrogen) atoms. The van der Waals surface area contributed by atoms with Crippen molar-refractivity contribution >= 4 is 40.0 Å². The number of aromatic nitrogens is 3. The van der Waals surface area contributed by atoms with E-state index in [9.17, 15) is 9.59 Å². The first-order valence-corrected chi connectivity index (χ1v) is 13.7. The minimum atomic E-state index is -0.363. The van der Waals surface area contributed by atoms with Gasteiger partial charge in [-0.2, -0.15) is 0 Å². The van der Waals surface area contributed by atoms with Gasteiger partial charge in [0.2, 0.25) is 5.91 Å². The van der Waals surface area contributed by atoms with Crippen LogP contribution in [0.1, 0.15) is 66.3 Å². The second kappa shape index (κ2) is 11.7. The normalized spacial score (nSPS) is 13.7. The van der Waals surface area contributed by atoms with Gasteiger partial charge in [0, 0.05) is 11.4 Å². The van der Waals surface area contributed by atoms with Crippen LogP contribution in [-0.2, 0) is 28.9 Å². The Morgan fingerprint density at radius 3 is 2.69 bits per heavy atom. The zero-order chi connectivity index (χ0) is 24.8. The van der Waals surface area contributed by atoms with Crippen LogP contribution < -0.4 is 10.1 Å². The van der Waals surface area contributed by atoms with E-state index in [1.807, 2.05) is 48.7 Å². The van der Waals surface area contributed by atoms with Gasteiger partial charge in [0.25, 0.3) is 0 Å². The molecule has 8 nitrogen and oxygen atoms in total. The van der Waals surface area contributed by atoms with Gasteiger partial charge in [0.15, 0.2) is 17.1 Å². The number of esters is 1. The molecule has 0 unspecified atom stereocenters. The first-order valence-electron chi connectivity index (χ1n) is 11.9. The molecule has 0 spiro atoms. The topological polar surface area (TPSA) is 95.3 Å². The van der Waals surface area contributed by atoms with Crippen molar-refractivity contribution in [1.29, 1.82) is 0 Å². The summed E-state index contributed by atoms with van der Waals surface area (Å²) in [5.41, 5.74) is 1.56. The number of nitrogens with one attached hydrogen (secondary N) is 1. The van der Waals surface area contributed by atoms with Gasteiger partial charge in [-0.25, -0.2) is 4.79 Å². The number of carbonyl (C=O) groups is 2. The van der Waals surface area contributed by atoms with Crippen LogP contribution >= 0.6 is 23.1 Å². The van der Waals surface area contributed by atoms with E-state index in [0.717, 1.165) is 37.0 Å². The third kappa shape index (κ3) is 5.87. The van der Waals surface area contributed by atoms with Gasteiger partial charge in [-0.1, -0.05) is 30.0 Å². The van der Waals surface area contributed by atoms with Crippen molar-refractivity contribution in [3.05, 3.63) is 52.2 Å². The summed E-state index contributed by atoms with van der Waals surface area (Å²) in [4.78, 5) is 26.7. The second-order valence-electron chi connectivity index (χ2n) is 8.13. The number of para-hydroxylation sites is 1. The summed E-state index contributed by atoms with van der Waals surface area (Å²) in [5, 5.41) is 12.8. The minimum Gasteiger partial charge on any atom is -0.483 e. The molecule has 0 aliphatic heterocycles. The Balaban J connectivity index is 1.43. The number of carbonyl (C=O) groups excluding carboxylic acids is 2. The van der Waals surface area contributed by atoms with Gasteiger partial charge in [0.05, 0.1) is 17.9 Å². The van der Waals surface area contributed by atoms with Gasteiger partial charge in [-0.3, -0.25) is 4.79 Å². The highest BCUT2D eigenvalue weighted by molar-refractivity contribution is 7.99. The molecule has 0 fully saturated rings. The van der Waals surface area contributed by atoms with E-state index in [0.29, 0.717) is 34.7 Å². The standard InChI is InChI=1S/C25H30N4O4S2/c1-4-29-22(16(3)33-17-11-7-6-8-12-17)27-28-25(29)34-15-20(30)26-23-21(24(31)32-5-2)18-13-9-10-14-19(18)35-23/h6-8,11-12,16H,4-5,9-10,13-15H2,1-3H3,(H,26,30)/t16-/m1/s1. The quantitative estimate of drug-likeness (QED) is 0.290. The van der Waals surface area contributed by atoms with E-state index in [2.05, 4.69) is 15.5 Å². The molecule has 1 aromatic carbocycles. The Labute approximate surface area is 213 Å². The van der Waals surface area contributed by atoms with E-state index in [1.54, 1.807) is 6.92 Å². The fraction of sp³-hybridized carbons (Fsp3) is 0.440. The number of ether oxygens (including phenoxy) is 2. The highest BCUT2D eigenvalue weighted by Crippen LogP contribution is 2.38. The van der Waals surface area contributed by atoms with Gasteiger partial charge in [0.1, 0.15) is 10.8 Å². The lowest BCUT2D eigenvalue weighted by molar-refractivity contribution is -0.113. The number of thioether (sulfide) groups is 1. The van der Waals surface area contributed by atoms with Crippen LogP contribution in [0.4, 0.5) is 5.00 Å². The molecule has 1 atom stereocenters. The van der Waals surface area contributed by atoms with Gasteiger partial charge < -0.3 is 19.4 Å². The molecule has 1 aliphatic carbocycles. The number of hydrogen-bond acceptors (Lipinski definition) is 8. The number of aryl methyl sites for hydroxylation is 1.